The lowest BCUT2D eigenvalue weighted by Gasteiger charge is -2.30. The van der Waals surface area contributed by atoms with Crippen LogP contribution in [0.4, 0.5) is 11.4 Å². The van der Waals surface area contributed by atoms with Gasteiger partial charge in [0, 0.05) is 30.5 Å². The van der Waals surface area contributed by atoms with Gasteiger partial charge in [0.2, 0.25) is 5.91 Å². The molecule has 3 aromatic rings. The van der Waals surface area contributed by atoms with Gasteiger partial charge in [-0.05, 0) is 61.0 Å². The molecule has 0 saturated carbocycles. The monoisotopic (exact) mass is 469 g/mol. The molecule has 32 heavy (non-hydrogen) atoms. The molecule has 2 heterocycles. The number of carbonyl (C=O) groups is 1. The van der Waals surface area contributed by atoms with E-state index in [1.54, 1.807) is 17.5 Å². The average molecular weight is 470 g/mol. The number of nitrogens with one attached hydrogen (secondary N) is 2. The lowest BCUT2D eigenvalue weighted by Crippen LogP contribution is -2.43. The Morgan fingerprint density at radius 3 is 2.44 bits per heavy atom. The van der Waals surface area contributed by atoms with Gasteiger partial charge >= 0.3 is 0 Å². The Hall–Kier alpha value is -2.68. The Balaban J connectivity index is 1.35. The van der Waals surface area contributed by atoms with Crippen LogP contribution in [0.25, 0.3) is 0 Å². The zero-order valence-corrected chi connectivity index (χ0v) is 19.5. The van der Waals surface area contributed by atoms with E-state index in [1.807, 2.05) is 42.5 Å². The Labute approximate surface area is 193 Å². The van der Waals surface area contributed by atoms with E-state index in [4.69, 9.17) is 0 Å². The summed E-state index contributed by atoms with van der Waals surface area (Å²) in [7, 11) is -3.53. The first-order chi connectivity index (χ1) is 15.4. The number of thiophene rings is 1. The van der Waals surface area contributed by atoms with Gasteiger partial charge in [-0.1, -0.05) is 36.4 Å². The van der Waals surface area contributed by atoms with Crippen molar-refractivity contribution >= 4 is 38.6 Å². The lowest BCUT2D eigenvalue weighted by molar-refractivity contribution is -0.120. The molecule has 168 valence electrons. The molecule has 0 radical (unpaired) electrons. The Morgan fingerprint density at radius 2 is 1.75 bits per heavy atom. The maximum atomic E-state index is 12.8. The van der Waals surface area contributed by atoms with E-state index in [-0.39, 0.29) is 24.4 Å². The summed E-state index contributed by atoms with van der Waals surface area (Å²) in [4.78, 5) is 12.8. The molecule has 4 rings (SSSR count). The van der Waals surface area contributed by atoms with Crippen LogP contribution < -0.4 is 10.6 Å². The fourth-order valence-corrected chi connectivity index (χ4v) is 6.55. The topological polar surface area (TPSA) is 78.5 Å². The van der Waals surface area contributed by atoms with E-state index in [0.29, 0.717) is 29.3 Å². The second kappa shape index (κ2) is 9.85. The van der Waals surface area contributed by atoms with Gasteiger partial charge in [0.05, 0.1) is 5.92 Å². The third kappa shape index (κ3) is 5.20. The van der Waals surface area contributed by atoms with Gasteiger partial charge in [0.1, 0.15) is 4.21 Å². The lowest BCUT2D eigenvalue weighted by atomic mass is 9.98. The number of amides is 1. The normalized spacial score (nSPS) is 18.1. The fraction of sp³-hybridized carbons (Fsp3) is 0.292. The van der Waals surface area contributed by atoms with Crippen molar-refractivity contribution in [2.45, 2.75) is 30.0 Å². The number of hydrogen-bond donors (Lipinski definition) is 2. The van der Waals surface area contributed by atoms with E-state index in [1.165, 1.54) is 21.2 Å². The second-order valence-corrected chi connectivity index (χ2v) is 11.1. The van der Waals surface area contributed by atoms with Gasteiger partial charge in [-0.25, -0.2) is 8.42 Å². The van der Waals surface area contributed by atoms with Crippen molar-refractivity contribution in [1.82, 2.24) is 4.31 Å². The van der Waals surface area contributed by atoms with Crippen molar-refractivity contribution < 1.29 is 13.2 Å². The molecule has 0 aliphatic carbocycles. The first kappa shape index (κ1) is 22.5. The Bertz CT molecular complexity index is 1130. The second-order valence-electron chi connectivity index (χ2n) is 7.98. The number of sulfonamides is 1. The van der Waals surface area contributed by atoms with E-state index < -0.39 is 10.0 Å². The average Bonchev–Trinajstić information content (AvgIpc) is 3.37. The molecule has 2 unspecified atom stereocenters. The van der Waals surface area contributed by atoms with E-state index >= 15 is 0 Å². The number of nitrogens with zero attached hydrogens (tertiary/aromatic N) is 1. The van der Waals surface area contributed by atoms with Crippen LogP contribution in [-0.2, 0) is 14.8 Å². The molecule has 2 N–H and O–H groups in total. The van der Waals surface area contributed by atoms with Gasteiger partial charge < -0.3 is 10.6 Å². The molecular formula is C24H27N3O3S2. The molecule has 2 aromatic carbocycles. The predicted molar refractivity (Wildman–Crippen MR) is 129 cm³/mol. The molecule has 1 fully saturated rings. The highest BCUT2D eigenvalue weighted by Crippen LogP contribution is 2.27. The summed E-state index contributed by atoms with van der Waals surface area (Å²) in [6.45, 7) is 2.76. The molecule has 2 atom stereocenters. The molecule has 0 spiro atoms. The highest BCUT2D eigenvalue weighted by Gasteiger charge is 2.33. The summed E-state index contributed by atoms with van der Waals surface area (Å²) < 4.78 is 27.4. The maximum Gasteiger partial charge on any atom is 0.252 e. The van der Waals surface area contributed by atoms with Crippen molar-refractivity contribution in [3.05, 3.63) is 77.7 Å². The van der Waals surface area contributed by atoms with Gasteiger partial charge in [-0.3, -0.25) is 4.79 Å². The van der Waals surface area contributed by atoms with Crippen LogP contribution in [0.1, 0.15) is 31.4 Å². The first-order valence-electron chi connectivity index (χ1n) is 10.7. The SMILES string of the molecule is CC(Nc1ccc(NC(=O)C2CCCN(S(=O)(=O)c3cccs3)C2)cc1)c1ccccc1. The maximum absolute atomic E-state index is 12.8. The van der Waals surface area contributed by atoms with Crippen LogP contribution in [0.15, 0.2) is 76.3 Å². The zero-order chi connectivity index (χ0) is 22.6. The minimum Gasteiger partial charge on any atom is -0.379 e. The standard InChI is InChI=1S/C24H27N3O3S2/c1-18(19-7-3-2-4-8-19)25-21-11-13-22(14-12-21)26-24(28)20-9-5-15-27(17-20)32(29,30)23-10-6-16-31-23/h2-4,6-8,10-14,16,18,20,25H,5,9,15,17H2,1H3,(H,26,28). The molecule has 1 aliphatic heterocycles. The minimum absolute atomic E-state index is 0.144. The van der Waals surface area contributed by atoms with E-state index in [0.717, 1.165) is 5.69 Å². The molecule has 0 bridgehead atoms. The highest BCUT2D eigenvalue weighted by atomic mass is 32.2. The van der Waals surface area contributed by atoms with E-state index in [2.05, 4.69) is 29.7 Å². The Kier molecular flexibility index (Phi) is 6.93. The molecule has 1 amide bonds. The number of carbonyl (C=O) groups excluding carboxylic acids is 1. The van der Waals surface area contributed by atoms with Crippen molar-refractivity contribution in [1.29, 1.82) is 0 Å². The summed E-state index contributed by atoms with van der Waals surface area (Å²) in [5, 5.41) is 8.15. The van der Waals surface area contributed by atoms with Gasteiger partial charge in [0.15, 0.2) is 0 Å². The third-order valence-corrected chi connectivity index (χ3v) is 8.92. The molecular weight excluding hydrogens is 442 g/mol. The third-order valence-electron chi connectivity index (χ3n) is 5.68. The van der Waals surface area contributed by atoms with Gasteiger partial charge in [-0.15, -0.1) is 11.3 Å². The number of rotatable bonds is 7. The summed E-state index contributed by atoms with van der Waals surface area (Å²) in [5.74, 6) is -0.510. The summed E-state index contributed by atoms with van der Waals surface area (Å²) >= 11 is 1.20. The molecule has 6 nitrogen and oxygen atoms in total. The van der Waals surface area contributed by atoms with Gasteiger partial charge in [-0.2, -0.15) is 4.31 Å². The van der Waals surface area contributed by atoms with Gasteiger partial charge in [0.25, 0.3) is 10.0 Å². The van der Waals surface area contributed by atoms with Crippen LogP contribution in [0.2, 0.25) is 0 Å². The number of piperidine rings is 1. The minimum atomic E-state index is -3.53. The highest BCUT2D eigenvalue weighted by molar-refractivity contribution is 7.91. The quantitative estimate of drug-likeness (QED) is 0.513. The summed E-state index contributed by atoms with van der Waals surface area (Å²) in [6, 6.07) is 21.3. The van der Waals surface area contributed by atoms with Crippen LogP contribution >= 0.6 is 11.3 Å². The van der Waals surface area contributed by atoms with Crippen molar-refractivity contribution in [2.24, 2.45) is 5.92 Å². The summed E-state index contributed by atoms with van der Waals surface area (Å²) in [6.07, 6.45) is 1.35. The molecule has 8 heteroatoms. The number of benzene rings is 2. The van der Waals surface area contributed by atoms with Crippen LogP contribution in [0.3, 0.4) is 0 Å². The fourth-order valence-electron chi connectivity index (χ4n) is 3.88. The first-order valence-corrected chi connectivity index (χ1v) is 13.0. The zero-order valence-electron chi connectivity index (χ0n) is 17.9. The predicted octanol–water partition coefficient (Wildman–Crippen LogP) is 4.96. The van der Waals surface area contributed by atoms with Crippen LogP contribution in [0.5, 0.6) is 0 Å². The van der Waals surface area contributed by atoms with E-state index in [9.17, 15) is 13.2 Å². The number of hydrogen-bond acceptors (Lipinski definition) is 5. The molecule has 1 aliphatic rings. The largest absolute Gasteiger partial charge is 0.379 e. The van der Waals surface area contributed by atoms with Crippen molar-refractivity contribution in [3.8, 4) is 0 Å². The van der Waals surface area contributed by atoms with Crippen LogP contribution in [0, 0.1) is 5.92 Å². The van der Waals surface area contributed by atoms with Crippen LogP contribution in [-0.4, -0.2) is 31.7 Å². The molecule has 1 saturated heterocycles. The Morgan fingerprint density at radius 1 is 1.03 bits per heavy atom. The molecule has 1 aromatic heterocycles. The summed E-state index contributed by atoms with van der Waals surface area (Å²) in [5.41, 5.74) is 2.86. The number of anilines is 2. The van der Waals surface area contributed by atoms with Crippen molar-refractivity contribution in [2.75, 3.05) is 23.7 Å². The smallest absolute Gasteiger partial charge is 0.252 e. The van der Waals surface area contributed by atoms with Crippen molar-refractivity contribution in [3.63, 3.8) is 0 Å².